The molecule has 1 aliphatic carbocycles. The molecule has 1 saturated carbocycles. The van der Waals surface area contributed by atoms with Crippen LogP contribution < -0.4 is 10.2 Å². The summed E-state index contributed by atoms with van der Waals surface area (Å²) in [4.78, 5) is 13.6. The Kier molecular flexibility index (Phi) is 5.89. The molecule has 3 heterocycles. The zero-order valence-electron chi connectivity index (χ0n) is 18.7. The van der Waals surface area contributed by atoms with Gasteiger partial charge in [0.15, 0.2) is 0 Å². The van der Waals surface area contributed by atoms with Gasteiger partial charge >= 0.3 is 6.09 Å². The van der Waals surface area contributed by atoms with Crippen molar-refractivity contribution < 1.29 is 22.7 Å². The number of anilines is 1. The maximum atomic E-state index is 15.1. The lowest BCUT2D eigenvalue weighted by Crippen LogP contribution is -2.26. The number of halogens is 4. The van der Waals surface area contributed by atoms with E-state index in [1.165, 1.54) is 27.9 Å². The third-order valence-electron chi connectivity index (χ3n) is 7.23. The molecule has 3 atom stereocenters. The van der Waals surface area contributed by atoms with E-state index < -0.39 is 35.1 Å². The zero-order chi connectivity index (χ0) is 24.3. The Hall–Kier alpha value is -3.62. The number of nitriles is 1. The van der Waals surface area contributed by atoms with Gasteiger partial charge in [-0.1, -0.05) is 5.21 Å². The molecule has 186 valence electrons. The summed E-state index contributed by atoms with van der Waals surface area (Å²) < 4.78 is 52.2. The van der Waals surface area contributed by atoms with Crippen molar-refractivity contribution in [3.8, 4) is 17.2 Å². The molecule has 2 aliphatic heterocycles. The second-order valence-corrected chi connectivity index (χ2v) is 9.07. The summed E-state index contributed by atoms with van der Waals surface area (Å²) in [5.41, 5.74) is -1.17. The van der Waals surface area contributed by atoms with Gasteiger partial charge in [0, 0.05) is 42.2 Å². The van der Waals surface area contributed by atoms with Crippen LogP contribution in [0.1, 0.15) is 5.56 Å². The number of nitrogens with one attached hydrogen (secondary N) is 1. The summed E-state index contributed by atoms with van der Waals surface area (Å²) in [5, 5.41) is 20.4. The third kappa shape index (κ3) is 3.60. The van der Waals surface area contributed by atoms with Gasteiger partial charge in [-0.25, -0.2) is 22.6 Å². The number of carbonyl (C=O) groups is 1. The van der Waals surface area contributed by atoms with Gasteiger partial charge < -0.3 is 10.1 Å². The zero-order valence-corrected chi connectivity index (χ0v) is 19.5. The van der Waals surface area contributed by atoms with Crippen LogP contribution in [-0.4, -0.2) is 46.8 Å². The van der Waals surface area contributed by atoms with Crippen LogP contribution in [0.3, 0.4) is 0 Å². The van der Waals surface area contributed by atoms with E-state index in [0.29, 0.717) is 19.6 Å². The minimum absolute atomic E-state index is 0. The van der Waals surface area contributed by atoms with E-state index in [-0.39, 0.29) is 53.2 Å². The van der Waals surface area contributed by atoms with Gasteiger partial charge in [0.1, 0.15) is 23.6 Å². The molecule has 8 nitrogen and oxygen atoms in total. The van der Waals surface area contributed by atoms with Crippen molar-refractivity contribution in [2.24, 2.45) is 11.8 Å². The molecule has 0 bridgehead atoms. The SMILES string of the molecule is Cl.N#CC1(c2c(F)cc(-c3ccc(N4C[C@H](Cn5ccnn5)OC4=O)cc3F)cc2F)C2CNCC21. The second-order valence-electron chi connectivity index (χ2n) is 9.07. The Morgan fingerprint density at radius 3 is 2.47 bits per heavy atom. The number of rotatable bonds is 5. The van der Waals surface area contributed by atoms with Crippen LogP contribution >= 0.6 is 12.4 Å². The molecule has 2 saturated heterocycles. The number of hydrogen-bond donors (Lipinski definition) is 1. The van der Waals surface area contributed by atoms with E-state index in [4.69, 9.17) is 4.74 Å². The molecule has 1 aromatic heterocycles. The first-order valence-electron chi connectivity index (χ1n) is 11.2. The number of ether oxygens (including phenoxy) is 1. The average Bonchev–Trinajstić information content (AvgIpc) is 3.36. The molecule has 1 N–H and O–H groups in total. The Morgan fingerprint density at radius 2 is 1.86 bits per heavy atom. The lowest BCUT2D eigenvalue weighted by molar-refractivity contribution is 0.129. The number of piperidine rings is 1. The summed E-state index contributed by atoms with van der Waals surface area (Å²) in [6, 6.07) is 8.25. The third-order valence-corrected chi connectivity index (χ3v) is 7.23. The summed E-state index contributed by atoms with van der Waals surface area (Å²) >= 11 is 0. The van der Waals surface area contributed by atoms with Gasteiger partial charge in [-0.05, 0) is 35.9 Å². The van der Waals surface area contributed by atoms with E-state index in [0.717, 1.165) is 18.2 Å². The topological polar surface area (TPSA) is 96.1 Å². The second kappa shape index (κ2) is 8.80. The highest BCUT2D eigenvalue weighted by atomic mass is 35.5. The van der Waals surface area contributed by atoms with Crippen molar-refractivity contribution in [2.45, 2.75) is 18.1 Å². The standard InChI is InChI=1S/C24H19F3N6O2.ClH/c25-19-7-14(33-11-15(35-23(33)34)10-32-4-3-30-31-32)1-2-16(19)13-5-20(26)22(21(27)6-13)24(12-28)17-8-29-9-18(17)24;/h1-7,15,17-18,29H,8-11H2;1H/t15-,17?,18?,24?;/m0./s1. The van der Waals surface area contributed by atoms with Crippen molar-refractivity contribution in [3.05, 3.63) is 65.7 Å². The first-order chi connectivity index (χ1) is 16.9. The highest BCUT2D eigenvalue weighted by molar-refractivity contribution is 5.90. The predicted octanol–water partition coefficient (Wildman–Crippen LogP) is 3.42. The Morgan fingerprint density at radius 1 is 1.14 bits per heavy atom. The smallest absolute Gasteiger partial charge is 0.414 e. The molecule has 12 heteroatoms. The molecular weight excluding hydrogens is 497 g/mol. The first kappa shape index (κ1) is 24.1. The molecule has 1 amide bonds. The van der Waals surface area contributed by atoms with Crippen LogP contribution in [-0.2, 0) is 16.7 Å². The van der Waals surface area contributed by atoms with Crippen LogP contribution in [0.2, 0.25) is 0 Å². The number of amides is 1. The van der Waals surface area contributed by atoms with E-state index in [1.54, 1.807) is 6.20 Å². The average molecular weight is 517 g/mol. The van der Waals surface area contributed by atoms with Gasteiger partial charge in [-0.15, -0.1) is 17.5 Å². The minimum atomic E-state index is -1.18. The number of benzene rings is 2. The van der Waals surface area contributed by atoms with E-state index >= 15 is 13.2 Å². The highest BCUT2D eigenvalue weighted by Crippen LogP contribution is 2.62. The Balaban J connectivity index is 0.00000267. The molecule has 6 rings (SSSR count). The lowest BCUT2D eigenvalue weighted by Gasteiger charge is -2.17. The number of cyclic esters (lactones) is 1. The summed E-state index contributed by atoms with van der Waals surface area (Å²) in [7, 11) is 0. The Labute approximate surface area is 210 Å². The monoisotopic (exact) mass is 516 g/mol. The number of hydrogen-bond acceptors (Lipinski definition) is 6. The van der Waals surface area contributed by atoms with Crippen molar-refractivity contribution >= 4 is 24.2 Å². The minimum Gasteiger partial charge on any atom is -0.442 e. The summed E-state index contributed by atoms with van der Waals surface area (Å²) in [6.45, 7) is 1.56. The van der Waals surface area contributed by atoms with Crippen molar-refractivity contribution in [1.29, 1.82) is 5.26 Å². The molecule has 0 spiro atoms. The van der Waals surface area contributed by atoms with Crippen LogP contribution in [0.5, 0.6) is 0 Å². The Bertz CT molecular complexity index is 1350. The highest BCUT2D eigenvalue weighted by Gasteiger charge is 2.69. The maximum Gasteiger partial charge on any atom is 0.414 e. The van der Waals surface area contributed by atoms with Gasteiger partial charge in [0.25, 0.3) is 0 Å². The van der Waals surface area contributed by atoms with Crippen molar-refractivity contribution in [2.75, 3.05) is 24.5 Å². The summed E-state index contributed by atoms with van der Waals surface area (Å²) in [6.07, 6.45) is 2.02. The normalized spacial score (nSPS) is 26.2. The maximum absolute atomic E-state index is 15.1. The fourth-order valence-electron chi connectivity index (χ4n) is 5.53. The molecule has 0 radical (unpaired) electrons. The molecule has 2 aromatic carbocycles. The molecule has 3 fully saturated rings. The van der Waals surface area contributed by atoms with E-state index in [2.05, 4.69) is 21.7 Å². The number of fused-ring (bicyclic) bond motifs is 1. The van der Waals surface area contributed by atoms with Gasteiger partial charge in [0.2, 0.25) is 0 Å². The van der Waals surface area contributed by atoms with Gasteiger partial charge in [-0.2, -0.15) is 5.26 Å². The molecule has 3 aliphatic rings. The molecule has 3 aromatic rings. The van der Waals surface area contributed by atoms with E-state index in [1.807, 2.05) is 0 Å². The van der Waals surface area contributed by atoms with Crippen LogP contribution in [0.4, 0.5) is 23.7 Å². The fourth-order valence-corrected chi connectivity index (χ4v) is 5.53. The van der Waals surface area contributed by atoms with Crippen LogP contribution in [0, 0.1) is 40.6 Å². The lowest BCUT2D eigenvalue weighted by atomic mass is 9.89. The van der Waals surface area contributed by atoms with Crippen LogP contribution in [0.25, 0.3) is 11.1 Å². The van der Waals surface area contributed by atoms with Crippen molar-refractivity contribution in [1.82, 2.24) is 20.3 Å². The molecule has 36 heavy (non-hydrogen) atoms. The predicted molar refractivity (Wildman–Crippen MR) is 124 cm³/mol. The van der Waals surface area contributed by atoms with Crippen molar-refractivity contribution in [3.63, 3.8) is 0 Å². The van der Waals surface area contributed by atoms with Gasteiger partial charge in [-0.3, -0.25) is 4.90 Å². The van der Waals surface area contributed by atoms with Crippen LogP contribution in [0.15, 0.2) is 42.7 Å². The molecule has 2 unspecified atom stereocenters. The quantitative estimate of drug-likeness (QED) is 0.558. The van der Waals surface area contributed by atoms with Gasteiger partial charge in [0.05, 0.1) is 36.5 Å². The summed E-state index contributed by atoms with van der Waals surface area (Å²) in [5.74, 6) is -2.74. The number of carbonyl (C=O) groups excluding carboxylic acids is 1. The van der Waals surface area contributed by atoms with E-state index in [9.17, 15) is 10.1 Å². The fraction of sp³-hybridized carbons (Fsp3) is 0.333. The largest absolute Gasteiger partial charge is 0.442 e. The number of aromatic nitrogens is 3. The number of nitrogens with zero attached hydrogens (tertiary/aromatic N) is 5. The molecular formula is C24H20ClF3N6O2. The first-order valence-corrected chi connectivity index (χ1v) is 11.2.